The quantitative estimate of drug-likeness (QED) is 0.676. The van der Waals surface area contributed by atoms with Crippen LogP contribution in [0.5, 0.6) is 0 Å². The molecule has 0 saturated heterocycles. The average Bonchev–Trinajstić information content (AvgIpc) is 2.99. The molecule has 2 heterocycles. The Morgan fingerprint density at radius 1 is 1.18 bits per heavy atom. The molecule has 7 heteroatoms. The minimum atomic E-state index is 0.0839. The van der Waals surface area contributed by atoms with Crippen molar-refractivity contribution in [3.05, 3.63) is 41.7 Å². The minimum absolute atomic E-state index is 0.0839. The van der Waals surface area contributed by atoms with Gasteiger partial charge in [-0.3, -0.25) is 0 Å². The predicted octanol–water partition coefficient (Wildman–Crippen LogP) is 2.96. The smallest absolute Gasteiger partial charge is 0.176 e. The van der Waals surface area contributed by atoms with Gasteiger partial charge in [-0.2, -0.15) is 0 Å². The van der Waals surface area contributed by atoms with Crippen LogP contribution < -0.4 is 5.32 Å². The number of fused-ring (bicyclic) bond motifs is 1. The number of thioether (sulfide) groups is 1. The summed E-state index contributed by atoms with van der Waals surface area (Å²) >= 11 is 3.23. The molecule has 2 aromatic heterocycles. The molecule has 3 rings (SSSR count). The van der Waals surface area contributed by atoms with Gasteiger partial charge in [-0.1, -0.05) is 36.0 Å². The van der Waals surface area contributed by atoms with E-state index in [1.807, 2.05) is 30.5 Å². The van der Waals surface area contributed by atoms with Gasteiger partial charge in [0.05, 0.1) is 6.61 Å². The Balaban J connectivity index is 1.67. The van der Waals surface area contributed by atoms with Crippen molar-refractivity contribution in [1.82, 2.24) is 15.0 Å². The molecule has 0 aliphatic rings. The highest BCUT2D eigenvalue weighted by Gasteiger charge is 2.09. The van der Waals surface area contributed by atoms with Crippen molar-refractivity contribution in [3.63, 3.8) is 0 Å². The van der Waals surface area contributed by atoms with Crippen LogP contribution in [0.3, 0.4) is 0 Å². The molecule has 0 saturated carbocycles. The van der Waals surface area contributed by atoms with Crippen LogP contribution in [0.4, 0.5) is 5.82 Å². The largest absolute Gasteiger partial charge is 0.392 e. The first-order valence-corrected chi connectivity index (χ1v) is 8.92. The number of hydrogen-bond donors (Lipinski definition) is 2. The van der Waals surface area contributed by atoms with E-state index in [1.54, 1.807) is 29.4 Å². The van der Waals surface area contributed by atoms with Crippen LogP contribution in [-0.4, -0.2) is 32.9 Å². The van der Waals surface area contributed by atoms with Gasteiger partial charge in [0.15, 0.2) is 9.99 Å². The van der Waals surface area contributed by atoms with Gasteiger partial charge in [0.25, 0.3) is 0 Å². The second-order valence-electron chi connectivity index (χ2n) is 4.71. The number of nitrogens with one attached hydrogen (secondary N) is 1. The third-order valence-electron chi connectivity index (χ3n) is 3.26. The molecule has 0 aliphatic heterocycles. The van der Waals surface area contributed by atoms with E-state index in [0.29, 0.717) is 0 Å². The molecule has 0 amide bonds. The van der Waals surface area contributed by atoms with E-state index in [2.05, 4.69) is 20.3 Å². The highest BCUT2D eigenvalue weighted by Crippen LogP contribution is 2.30. The molecule has 0 radical (unpaired) electrons. The first-order valence-electron chi connectivity index (χ1n) is 6.88. The maximum Gasteiger partial charge on any atom is 0.176 e. The molecular formula is C15H16N4OS2. The lowest BCUT2D eigenvalue weighted by Gasteiger charge is -2.06. The number of benzene rings is 1. The second-order valence-corrected chi connectivity index (χ2v) is 6.76. The SMILES string of the molecule is CSc1nc2ncnc(NCCc3ccc(CO)cc3)c2s1. The third-order valence-corrected chi connectivity index (χ3v) is 5.29. The van der Waals surface area contributed by atoms with Gasteiger partial charge in [0.1, 0.15) is 16.8 Å². The van der Waals surface area contributed by atoms with Crippen LogP contribution in [-0.2, 0) is 13.0 Å². The minimum Gasteiger partial charge on any atom is -0.392 e. The van der Waals surface area contributed by atoms with Crippen molar-refractivity contribution < 1.29 is 5.11 Å². The molecule has 0 atom stereocenters. The van der Waals surface area contributed by atoms with Crippen molar-refractivity contribution in [2.75, 3.05) is 18.1 Å². The van der Waals surface area contributed by atoms with Crippen LogP contribution in [0.2, 0.25) is 0 Å². The Labute approximate surface area is 136 Å². The van der Waals surface area contributed by atoms with Crippen molar-refractivity contribution in [1.29, 1.82) is 0 Å². The molecule has 5 nitrogen and oxygen atoms in total. The van der Waals surface area contributed by atoms with Gasteiger partial charge in [-0.25, -0.2) is 15.0 Å². The van der Waals surface area contributed by atoms with Gasteiger partial charge >= 0.3 is 0 Å². The first kappa shape index (κ1) is 15.2. The van der Waals surface area contributed by atoms with Gasteiger partial charge in [-0.15, -0.1) is 11.3 Å². The van der Waals surface area contributed by atoms with Crippen molar-refractivity contribution >= 4 is 39.3 Å². The zero-order chi connectivity index (χ0) is 15.4. The zero-order valence-electron chi connectivity index (χ0n) is 12.1. The average molecular weight is 332 g/mol. The molecule has 2 N–H and O–H groups in total. The summed E-state index contributed by atoms with van der Waals surface area (Å²) in [7, 11) is 0. The van der Waals surface area contributed by atoms with Crippen LogP contribution in [0.25, 0.3) is 10.3 Å². The number of hydrogen-bond acceptors (Lipinski definition) is 7. The van der Waals surface area contributed by atoms with E-state index in [-0.39, 0.29) is 6.61 Å². The molecule has 0 spiro atoms. The Kier molecular flexibility index (Phi) is 4.87. The lowest BCUT2D eigenvalue weighted by molar-refractivity contribution is 0.282. The second kappa shape index (κ2) is 7.04. The van der Waals surface area contributed by atoms with Gasteiger partial charge < -0.3 is 10.4 Å². The van der Waals surface area contributed by atoms with Crippen LogP contribution >= 0.6 is 23.1 Å². The Morgan fingerprint density at radius 2 is 1.95 bits per heavy atom. The summed E-state index contributed by atoms with van der Waals surface area (Å²) in [4.78, 5) is 13.0. The van der Waals surface area contributed by atoms with Crippen molar-refractivity contribution in [3.8, 4) is 0 Å². The standard InChI is InChI=1S/C15H16N4OS2/c1-21-15-19-14-12(22-15)13(17-9-18-14)16-7-6-10-2-4-11(8-20)5-3-10/h2-5,9,20H,6-8H2,1H3,(H,16,17,18). The third kappa shape index (κ3) is 3.37. The normalized spacial score (nSPS) is 11.0. The summed E-state index contributed by atoms with van der Waals surface area (Å²) in [5.74, 6) is 0.842. The highest BCUT2D eigenvalue weighted by atomic mass is 32.2. The van der Waals surface area contributed by atoms with Crippen LogP contribution in [0.15, 0.2) is 34.9 Å². The van der Waals surface area contributed by atoms with E-state index in [1.165, 1.54) is 5.56 Å². The summed E-state index contributed by atoms with van der Waals surface area (Å²) < 4.78 is 2.00. The predicted molar refractivity (Wildman–Crippen MR) is 91.5 cm³/mol. The molecule has 3 aromatic rings. The molecule has 1 aromatic carbocycles. The fourth-order valence-corrected chi connectivity index (χ4v) is 3.56. The maximum absolute atomic E-state index is 9.04. The molecular weight excluding hydrogens is 316 g/mol. The van der Waals surface area contributed by atoms with E-state index < -0.39 is 0 Å². The van der Waals surface area contributed by atoms with E-state index in [9.17, 15) is 0 Å². The monoisotopic (exact) mass is 332 g/mol. The maximum atomic E-state index is 9.04. The molecule has 0 unspecified atom stereocenters. The van der Waals surface area contributed by atoms with Gasteiger partial charge in [-0.05, 0) is 23.8 Å². The summed E-state index contributed by atoms with van der Waals surface area (Å²) in [5, 5.41) is 12.4. The number of nitrogens with zero attached hydrogens (tertiary/aromatic N) is 3. The summed E-state index contributed by atoms with van der Waals surface area (Å²) in [6.45, 7) is 0.873. The topological polar surface area (TPSA) is 70.9 Å². The lowest BCUT2D eigenvalue weighted by Crippen LogP contribution is -2.06. The van der Waals surface area contributed by atoms with Crippen LogP contribution in [0, 0.1) is 0 Å². The number of thiazole rings is 1. The number of aromatic nitrogens is 3. The van der Waals surface area contributed by atoms with Gasteiger partial charge in [0, 0.05) is 6.54 Å². The number of aliphatic hydroxyl groups excluding tert-OH is 1. The number of anilines is 1. The summed E-state index contributed by atoms with van der Waals surface area (Å²) in [6, 6.07) is 7.99. The number of rotatable bonds is 6. The van der Waals surface area contributed by atoms with E-state index in [0.717, 1.165) is 39.0 Å². The molecule has 22 heavy (non-hydrogen) atoms. The Hall–Kier alpha value is -1.70. The highest BCUT2D eigenvalue weighted by molar-refractivity contribution is 8.00. The molecule has 0 fully saturated rings. The summed E-state index contributed by atoms with van der Waals surface area (Å²) in [6.07, 6.45) is 4.45. The molecule has 0 aliphatic carbocycles. The van der Waals surface area contributed by atoms with E-state index >= 15 is 0 Å². The van der Waals surface area contributed by atoms with Crippen molar-refractivity contribution in [2.24, 2.45) is 0 Å². The fraction of sp³-hybridized carbons (Fsp3) is 0.267. The first-order chi connectivity index (χ1) is 10.8. The molecule has 0 bridgehead atoms. The van der Waals surface area contributed by atoms with Gasteiger partial charge in [0.2, 0.25) is 0 Å². The fourth-order valence-electron chi connectivity index (χ4n) is 2.08. The number of aliphatic hydroxyl groups is 1. The lowest BCUT2D eigenvalue weighted by atomic mass is 10.1. The van der Waals surface area contributed by atoms with E-state index in [4.69, 9.17) is 5.11 Å². The van der Waals surface area contributed by atoms with Crippen molar-refractivity contribution in [2.45, 2.75) is 17.4 Å². The van der Waals surface area contributed by atoms with Crippen LogP contribution in [0.1, 0.15) is 11.1 Å². The summed E-state index contributed by atoms with van der Waals surface area (Å²) in [5.41, 5.74) is 2.91. The molecule has 114 valence electrons. The zero-order valence-corrected chi connectivity index (χ0v) is 13.7. The Morgan fingerprint density at radius 3 is 2.68 bits per heavy atom. The Bertz CT molecular complexity index is 758.